The van der Waals surface area contributed by atoms with Gasteiger partial charge in [-0.1, -0.05) is 0 Å². The zero-order chi connectivity index (χ0) is 25.9. The van der Waals surface area contributed by atoms with Crippen LogP contribution in [0.3, 0.4) is 0 Å². The van der Waals surface area contributed by atoms with Gasteiger partial charge in [-0.05, 0) is 40.5 Å². The van der Waals surface area contributed by atoms with Crippen LogP contribution < -0.4 is 15.5 Å². The number of hydrogen-bond acceptors (Lipinski definition) is 9. The van der Waals surface area contributed by atoms with Gasteiger partial charge in [-0.2, -0.15) is 0 Å². The molecule has 1 amide bonds. The summed E-state index contributed by atoms with van der Waals surface area (Å²) in [6.07, 6.45) is -0.226. The second-order valence-corrected chi connectivity index (χ2v) is 11.2. The van der Waals surface area contributed by atoms with Gasteiger partial charge in [-0.25, -0.2) is 28.5 Å². The highest BCUT2D eigenvalue weighted by Crippen LogP contribution is 2.35. The third-order valence-corrected chi connectivity index (χ3v) is 6.88. The number of halogens is 2. The number of aromatic nitrogens is 3. The monoisotopic (exact) mass is 524 g/mol. The van der Waals surface area contributed by atoms with E-state index in [2.05, 4.69) is 25.5 Å². The fourth-order valence-corrected chi connectivity index (χ4v) is 4.91. The minimum Gasteiger partial charge on any atom is -0.444 e. The molecule has 0 aromatic carbocycles. The molecule has 4 rings (SSSR count). The molecule has 0 spiro atoms. The van der Waals surface area contributed by atoms with Gasteiger partial charge < -0.3 is 25.0 Å². The van der Waals surface area contributed by atoms with E-state index >= 15 is 0 Å². The lowest BCUT2D eigenvalue weighted by molar-refractivity contribution is -0.0361. The van der Waals surface area contributed by atoms with Gasteiger partial charge in [-0.3, -0.25) is 0 Å². The maximum atomic E-state index is 13.6. The van der Waals surface area contributed by atoms with Crippen molar-refractivity contribution < 1.29 is 23.0 Å². The van der Waals surface area contributed by atoms with E-state index in [1.54, 1.807) is 0 Å². The van der Waals surface area contributed by atoms with Crippen LogP contribution in [0.15, 0.2) is 11.4 Å². The Morgan fingerprint density at radius 2 is 2.03 bits per heavy atom. The van der Waals surface area contributed by atoms with Crippen molar-refractivity contribution >= 4 is 29.1 Å². The molecule has 2 N–H and O–H groups in total. The SMILES string of the molecule is Cc1csc(-c2nc(NC3CCC(F)(F)CC3)cc(N3CCOC(CNC(=O)OC(C)(C)C)C3)n2)n1. The molecule has 1 atom stereocenters. The van der Waals surface area contributed by atoms with Gasteiger partial charge in [0.15, 0.2) is 10.8 Å². The molecule has 2 fully saturated rings. The number of rotatable bonds is 6. The summed E-state index contributed by atoms with van der Waals surface area (Å²) in [5.74, 6) is -0.812. The topological polar surface area (TPSA) is 102 Å². The largest absolute Gasteiger partial charge is 0.444 e. The molecule has 0 bridgehead atoms. The summed E-state index contributed by atoms with van der Waals surface area (Å²) in [6.45, 7) is 9.25. The molecule has 0 radical (unpaired) electrons. The molecule has 1 aliphatic heterocycles. The number of hydrogen-bond donors (Lipinski definition) is 2. The van der Waals surface area contributed by atoms with Crippen molar-refractivity contribution in [3.63, 3.8) is 0 Å². The van der Waals surface area contributed by atoms with Gasteiger partial charge in [-0.15, -0.1) is 11.3 Å². The molecule has 36 heavy (non-hydrogen) atoms. The van der Waals surface area contributed by atoms with E-state index in [0.29, 0.717) is 61.6 Å². The number of alkyl carbamates (subject to hydrolysis) is 1. The summed E-state index contributed by atoms with van der Waals surface area (Å²) < 4.78 is 38.4. The number of carbonyl (C=O) groups is 1. The molecular weight excluding hydrogens is 490 g/mol. The first-order valence-corrected chi connectivity index (χ1v) is 13.1. The van der Waals surface area contributed by atoms with Crippen LogP contribution in [0.5, 0.6) is 0 Å². The van der Waals surface area contributed by atoms with Crippen LogP contribution in [0.4, 0.5) is 25.2 Å². The minimum absolute atomic E-state index is 0.0753. The van der Waals surface area contributed by atoms with Gasteiger partial charge in [0.25, 0.3) is 0 Å². The highest BCUT2D eigenvalue weighted by molar-refractivity contribution is 7.13. The summed E-state index contributed by atoms with van der Waals surface area (Å²) in [6, 6.07) is 1.77. The molecule has 2 aromatic heterocycles. The van der Waals surface area contributed by atoms with Crippen molar-refractivity contribution in [3.05, 3.63) is 17.1 Å². The number of aryl methyl sites for hydroxylation is 1. The molecule has 9 nitrogen and oxygen atoms in total. The van der Waals surface area contributed by atoms with Crippen LogP contribution in [0.25, 0.3) is 10.8 Å². The molecule has 1 unspecified atom stereocenters. The van der Waals surface area contributed by atoms with Crippen molar-refractivity contribution in [1.29, 1.82) is 0 Å². The van der Waals surface area contributed by atoms with Crippen molar-refractivity contribution in [1.82, 2.24) is 20.3 Å². The summed E-state index contributed by atoms with van der Waals surface area (Å²) in [7, 11) is 0. The quantitative estimate of drug-likeness (QED) is 0.564. The first-order chi connectivity index (χ1) is 17.0. The van der Waals surface area contributed by atoms with E-state index in [-0.39, 0.29) is 25.0 Å². The van der Waals surface area contributed by atoms with Crippen LogP contribution in [0.1, 0.15) is 52.1 Å². The van der Waals surface area contributed by atoms with Crippen LogP contribution in [-0.4, -0.2) is 71.0 Å². The number of carbonyl (C=O) groups excluding carboxylic acids is 1. The standard InChI is InChI=1S/C24H34F2N6O3S/c1-15-14-36-21(28-15)20-30-18(29-16-5-7-24(25,26)8-6-16)11-19(31-20)32-9-10-34-17(13-32)12-27-22(33)35-23(2,3)4/h11,14,16-17H,5-10,12-13H2,1-4H3,(H,27,33)(H,29,30,31). The van der Waals surface area contributed by atoms with Crippen molar-refractivity contribution in [2.24, 2.45) is 0 Å². The molecule has 2 aliphatic rings. The summed E-state index contributed by atoms with van der Waals surface area (Å²) in [5, 5.41) is 8.75. The second kappa shape index (κ2) is 10.8. The van der Waals surface area contributed by atoms with E-state index in [0.717, 1.165) is 5.69 Å². The first-order valence-electron chi connectivity index (χ1n) is 12.3. The lowest BCUT2D eigenvalue weighted by Gasteiger charge is -2.34. The van der Waals surface area contributed by atoms with E-state index < -0.39 is 17.6 Å². The number of alkyl halides is 2. The van der Waals surface area contributed by atoms with Gasteiger partial charge in [0.05, 0.1) is 12.7 Å². The summed E-state index contributed by atoms with van der Waals surface area (Å²) in [4.78, 5) is 28.1. The van der Waals surface area contributed by atoms with Gasteiger partial charge in [0.2, 0.25) is 5.92 Å². The number of thiazole rings is 1. The number of ether oxygens (including phenoxy) is 2. The Morgan fingerprint density at radius 3 is 2.69 bits per heavy atom. The van der Waals surface area contributed by atoms with Gasteiger partial charge in [0.1, 0.15) is 17.2 Å². The van der Waals surface area contributed by atoms with E-state index in [9.17, 15) is 13.6 Å². The van der Waals surface area contributed by atoms with Crippen molar-refractivity contribution in [3.8, 4) is 10.8 Å². The number of amides is 1. The average molecular weight is 525 g/mol. The van der Waals surface area contributed by atoms with Crippen LogP contribution in [0.2, 0.25) is 0 Å². The highest BCUT2D eigenvalue weighted by atomic mass is 32.1. The number of anilines is 2. The maximum absolute atomic E-state index is 13.6. The third kappa shape index (κ3) is 7.45. The van der Waals surface area contributed by atoms with Crippen molar-refractivity contribution in [2.75, 3.05) is 36.5 Å². The van der Waals surface area contributed by atoms with E-state index in [1.165, 1.54) is 11.3 Å². The number of nitrogens with one attached hydrogen (secondary N) is 2. The normalized spacial score (nSPS) is 20.7. The zero-order valence-corrected chi connectivity index (χ0v) is 22.0. The average Bonchev–Trinajstić information content (AvgIpc) is 3.24. The van der Waals surface area contributed by atoms with E-state index in [4.69, 9.17) is 14.5 Å². The van der Waals surface area contributed by atoms with Crippen LogP contribution in [0, 0.1) is 6.92 Å². The fourth-order valence-electron chi connectivity index (χ4n) is 4.18. The smallest absolute Gasteiger partial charge is 0.407 e. The Bertz CT molecular complexity index is 1050. The second-order valence-electron chi connectivity index (χ2n) is 10.3. The molecule has 1 saturated carbocycles. The predicted octanol–water partition coefficient (Wildman–Crippen LogP) is 4.63. The lowest BCUT2D eigenvalue weighted by atomic mass is 9.92. The molecule has 1 aliphatic carbocycles. The molecule has 1 saturated heterocycles. The molecule has 3 heterocycles. The Morgan fingerprint density at radius 1 is 1.28 bits per heavy atom. The van der Waals surface area contributed by atoms with Gasteiger partial charge in [0, 0.05) is 55.7 Å². The Labute approximate surface area is 214 Å². The summed E-state index contributed by atoms with van der Waals surface area (Å²) >= 11 is 1.46. The third-order valence-electron chi connectivity index (χ3n) is 5.93. The van der Waals surface area contributed by atoms with Gasteiger partial charge >= 0.3 is 6.09 Å². The molecule has 198 valence electrons. The first kappa shape index (κ1) is 26.5. The van der Waals surface area contributed by atoms with E-state index in [1.807, 2.05) is 39.1 Å². The van der Waals surface area contributed by atoms with Crippen molar-refractivity contribution in [2.45, 2.75) is 77.0 Å². The predicted molar refractivity (Wildman–Crippen MR) is 135 cm³/mol. The Kier molecular flexibility index (Phi) is 7.93. The Hall–Kier alpha value is -2.60. The Balaban J connectivity index is 1.48. The number of morpholine rings is 1. The van der Waals surface area contributed by atoms with Crippen LogP contribution in [-0.2, 0) is 9.47 Å². The molecular formula is C24H34F2N6O3S. The molecule has 12 heteroatoms. The van der Waals surface area contributed by atoms with Crippen LogP contribution >= 0.6 is 11.3 Å². The fraction of sp³-hybridized carbons (Fsp3) is 0.667. The minimum atomic E-state index is -2.59. The highest BCUT2D eigenvalue weighted by Gasteiger charge is 2.35. The lowest BCUT2D eigenvalue weighted by Crippen LogP contribution is -2.48. The molecule has 2 aromatic rings. The number of nitrogens with zero attached hydrogens (tertiary/aromatic N) is 4. The summed E-state index contributed by atoms with van der Waals surface area (Å²) in [5.41, 5.74) is 0.305. The zero-order valence-electron chi connectivity index (χ0n) is 21.1. The maximum Gasteiger partial charge on any atom is 0.407 e.